The van der Waals surface area contributed by atoms with Crippen molar-refractivity contribution in [2.45, 2.75) is 70.2 Å². The topological polar surface area (TPSA) is 27.7 Å². The Hall–Kier alpha value is -1.10. The molecule has 1 aromatic rings. The number of ether oxygens (including phenoxy) is 2. The zero-order chi connectivity index (χ0) is 16.3. The number of benzene rings is 1. The third-order valence-electron chi connectivity index (χ3n) is 5.26. The minimum absolute atomic E-state index is 0.111. The van der Waals surface area contributed by atoms with Gasteiger partial charge < -0.3 is 13.9 Å². The molecular formula is C19H28O3Si. The van der Waals surface area contributed by atoms with Crippen LogP contribution in [-0.4, -0.2) is 20.5 Å². The molecule has 0 spiro atoms. The summed E-state index contributed by atoms with van der Waals surface area (Å²) in [6.45, 7) is 6.80. The van der Waals surface area contributed by atoms with E-state index in [4.69, 9.17) is 13.9 Å². The predicted octanol–water partition coefficient (Wildman–Crippen LogP) is 5.17. The van der Waals surface area contributed by atoms with Crippen LogP contribution in [0.3, 0.4) is 0 Å². The van der Waals surface area contributed by atoms with Crippen LogP contribution in [0.1, 0.15) is 45.5 Å². The monoisotopic (exact) mass is 332 g/mol. The van der Waals surface area contributed by atoms with E-state index in [1.165, 1.54) is 18.1 Å². The van der Waals surface area contributed by atoms with Crippen LogP contribution >= 0.6 is 0 Å². The van der Waals surface area contributed by atoms with Gasteiger partial charge in [-0.15, -0.1) is 0 Å². The molecule has 4 heteroatoms. The van der Waals surface area contributed by atoms with Crippen LogP contribution in [0.15, 0.2) is 42.2 Å². The van der Waals surface area contributed by atoms with E-state index >= 15 is 0 Å². The Balaban J connectivity index is 1.71. The van der Waals surface area contributed by atoms with Crippen LogP contribution in [0.4, 0.5) is 0 Å². The Bertz CT molecular complexity index is 531. The summed E-state index contributed by atoms with van der Waals surface area (Å²) < 4.78 is 18.8. The molecule has 0 N–H and O–H groups in total. The van der Waals surface area contributed by atoms with Crippen LogP contribution in [0.2, 0.25) is 18.1 Å². The van der Waals surface area contributed by atoms with Crippen molar-refractivity contribution in [1.82, 2.24) is 0 Å². The summed E-state index contributed by atoms with van der Waals surface area (Å²) in [5, 5.41) is 0. The summed E-state index contributed by atoms with van der Waals surface area (Å²) in [4.78, 5) is 0. The van der Waals surface area contributed by atoms with Gasteiger partial charge >= 0.3 is 0 Å². The fourth-order valence-corrected chi connectivity index (χ4v) is 6.20. The fraction of sp³-hybridized carbons (Fsp3) is 0.579. The first kappa shape index (κ1) is 16.7. The normalized spacial score (nSPS) is 27.4. The molecule has 3 nitrogen and oxygen atoms in total. The molecule has 0 radical (unpaired) electrons. The van der Waals surface area contributed by atoms with Gasteiger partial charge in [0.05, 0.1) is 18.0 Å². The number of hydrogen-bond donors (Lipinski definition) is 0. The van der Waals surface area contributed by atoms with Crippen molar-refractivity contribution in [3.63, 3.8) is 0 Å². The molecule has 126 valence electrons. The highest BCUT2D eigenvalue weighted by molar-refractivity contribution is 6.73. The molecule has 1 saturated heterocycles. The highest BCUT2D eigenvalue weighted by Crippen LogP contribution is 2.38. The van der Waals surface area contributed by atoms with Gasteiger partial charge in [0.2, 0.25) is 8.32 Å². The number of rotatable bonds is 6. The Morgan fingerprint density at radius 2 is 1.74 bits per heavy atom. The summed E-state index contributed by atoms with van der Waals surface area (Å²) in [6, 6.07) is 13.7. The molecule has 1 aliphatic carbocycles. The average Bonchev–Trinajstić information content (AvgIpc) is 2.60. The Kier molecular flexibility index (Phi) is 5.24. The Morgan fingerprint density at radius 3 is 2.35 bits per heavy atom. The molecule has 0 aromatic heterocycles. The van der Waals surface area contributed by atoms with Gasteiger partial charge in [0.25, 0.3) is 0 Å². The summed E-state index contributed by atoms with van der Waals surface area (Å²) in [6.07, 6.45) is 4.10. The van der Waals surface area contributed by atoms with Crippen molar-refractivity contribution in [1.29, 1.82) is 0 Å². The fourth-order valence-electron chi connectivity index (χ4n) is 3.56. The second kappa shape index (κ2) is 7.20. The van der Waals surface area contributed by atoms with Crippen LogP contribution in [0.5, 0.6) is 0 Å². The number of fused-ring (bicyclic) bond motifs is 2. The van der Waals surface area contributed by atoms with Crippen LogP contribution in [0, 0.1) is 0 Å². The summed E-state index contributed by atoms with van der Waals surface area (Å²) >= 11 is 0. The van der Waals surface area contributed by atoms with E-state index in [-0.39, 0.29) is 18.5 Å². The highest BCUT2D eigenvalue weighted by Gasteiger charge is 2.38. The SMILES string of the molecule is CC[Si](CC)(CC)OC1=C[C@H]2C[C@@H](C1)OC(c1ccccc1)O2. The molecule has 1 aromatic carbocycles. The van der Waals surface area contributed by atoms with Crippen LogP contribution in [-0.2, 0) is 13.9 Å². The summed E-state index contributed by atoms with van der Waals surface area (Å²) in [7, 11) is -1.61. The lowest BCUT2D eigenvalue weighted by molar-refractivity contribution is -0.242. The minimum atomic E-state index is -1.61. The maximum atomic E-state index is 6.54. The zero-order valence-electron chi connectivity index (χ0n) is 14.5. The van der Waals surface area contributed by atoms with E-state index in [2.05, 4.69) is 39.0 Å². The van der Waals surface area contributed by atoms with Gasteiger partial charge in [-0.25, -0.2) is 0 Å². The maximum Gasteiger partial charge on any atom is 0.250 e. The van der Waals surface area contributed by atoms with Crippen molar-refractivity contribution < 1.29 is 13.9 Å². The van der Waals surface area contributed by atoms with Crippen molar-refractivity contribution >= 4 is 8.32 Å². The van der Waals surface area contributed by atoms with Crippen molar-refractivity contribution in [2.24, 2.45) is 0 Å². The van der Waals surface area contributed by atoms with Gasteiger partial charge in [-0.3, -0.25) is 0 Å². The first-order valence-electron chi connectivity index (χ1n) is 8.93. The van der Waals surface area contributed by atoms with Gasteiger partial charge in [-0.1, -0.05) is 51.1 Å². The van der Waals surface area contributed by atoms with Crippen molar-refractivity contribution in [2.75, 3.05) is 0 Å². The third-order valence-corrected chi connectivity index (χ3v) is 9.82. The van der Waals surface area contributed by atoms with E-state index in [9.17, 15) is 0 Å². The second-order valence-electron chi connectivity index (χ2n) is 6.59. The van der Waals surface area contributed by atoms with E-state index in [0.717, 1.165) is 24.2 Å². The molecule has 0 saturated carbocycles. The van der Waals surface area contributed by atoms with Crippen molar-refractivity contribution in [3.05, 3.63) is 47.7 Å². The Labute approximate surface area is 140 Å². The van der Waals surface area contributed by atoms with Gasteiger partial charge in [0.15, 0.2) is 6.29 Å². The molecule has 3 atom stereocenters. The van der Waals surface area contributed by atoms with E-state index in [0.29, 0.717) is 0 Å². The zero-order valence-corrected chi connectivity index (χ0v) is 15.5. The molecule has 1 unspecified atom stereocenters. The van der Waals surface area contributed by atoms with E-state index in [1.807, 2.05) is 18.2 Å². The molecule has 1 aliphatic heterocycles. The molecule has 1 heterocycles. The van der Waals surface area contributed by atoms with Gasteiger partial charge in [-0.05, 0) is 24.2 Å². The number of hydrogen-bond acceptors (Lipinski definition) is 3. The second-order valence-corrected chi connectivity index (χ2v) is 11.3. The molecule has 3 rings (SSSR count). The molecule has 0 amide bonds. The lowest BCUT2D eigenvalue weighted by atomic mass is 9.98. The largest absolute Gasteiger partial charge is 0.547 e. The van der Waals surface area contributed by atoms with Gasteiger partial charge in [-0.2, -0.15) is 0 Å². The highest BCUT2D eigenvalue weighted by atomic mass is 28.4. The molecule has 1 fully saturated rings. The van der Waals surface area contributed by atoms with Gasteiger partial charge in [0, 0.05) is 18.4 Å². The van der Waals surface area contributed by atoms with Crippen LogP contribution < -0.4 is 0 Å². The predicted molar refractivity (Wildman–Crippen MR) is 94.5 cm³/mol. The Morgan fingerprint density at radius 1 is 1.04 bits per heavy atom. The van der Waals surface area contributed by atoms with E-state index < -0.39 is 8.32 Å². The van der Waals surface area contributed by atoms with Gasteiger partial charge in [0.1, 0.15) is 0 Å². The standard InChI is InChI=1S/C19H28O3Si/c1-4-23(5-2,6-3)22-18-13-16-12-17(14-18)21-19(20-16)15-10-8-7-9-11-15/h7-11,13,16-17,19H,4-6,12,14H2,1-3H3/t16-,17+,19?/m1/s1. The summed E-state index contributed by atoms with van der Waals surface area (Å²) in [5.74, 6) is 1.11. The molecule has 2 aliphatic rings. The third kappa shape index (κ3) is 3.70. The summed E-state index contributed by atoms with van der Waals surface area (Å²) in [5.41, 5.74) is 1.10. The average molecular weight is 333 g/mol. The lowest BCUT2D eigenvalue weighted by Crippen LogP contribution is -2.40. The van der Waals surface area contributed by atoms with Crippen molar-refractivity contribution in [3.8, 4) is 0 Å². The molecular weight excluding hydrogens is 304 g/mol. The maximum absolute atomic E-state index is 6.54. The minimum Gasteiger partial charge on any atom is -0.547 e. The lowest BCUT2D eigenvalue weighted by Gasteiger charge is -2.40. The first-order chi connectivity index (χ1) is 11.2. The van der Waals surface area contributed by atoms with E-state index in [1.54, 1.807) is 0 Å². The smallest absolute Gasteiger partial charge is 0.250 e. The quantitative estimate of drug-likeness (QED) is 0.673. The first-order valence-corrected chi connectivity index (χ1v) is 11.5. The molecule has 2 bridgehead atoms. The molecule has 23 heavy (non-hydrogen) atoms. The van der Waals surface area contributed by atoms with Crippen LogP contribution in [0.25, 0.3) is 0 Å².